The van der Waals surface area contributed by atoms with E-state index in [0.717, 1.165) is 105 Å². The minimum Gasteiger partial charge on any atom is -0.508 e. The summed E-state index contributed by atoms with van der Waals surface area (Å²) in [6, 6.07) is 2.00. The molecule has 7 aromatic carbocycles. The van der Waals surface area contributed by atoms with Gasteiger partial charge in [0.1, 0.15) is 162 Å². The summed E-state index contributed by atoms with van der Waals surface area (Å²) in [4.78, 5) is 143. The number of carbonyl (C=O) groups excluding carboxylic acids is 9. The smallest absolute Gasteiger partial charge is 0.248 e. The zero-order valence-electron chi connectivity index (χ0n) is 75.6. The number of phenolic OH excluding ortho intramolecular Hbond substituents is 4. The molecule has 17 bridgehead atoms. The van der Waals surface area contributed by atoms with E-state index in [1.165, 1.54) is 36.4 Å². The number of hydrogen-bond donors (Lipinski definition) is 24. The number of aromatic hydroxyl groups is 4. The molecule has 3 saturated heterocycles. The predicted molar refractivity (Wildman–Crippen MR) is 486 cm³/mol. The molecule has 9 aliphatic heterocycles. The van der Waals surface area contributed by atoms with Gasteiger partial charge < -0.3 is 173 Å². The number of ether oxygens (including phenoxy) is 9. The van der Waals surface area contributed by atoms with E-state index in [4.69, 9.17) is 71.6 Å². The molecule has 139 heavy (non-hydrogen) atoms. The number of hydrogen-bond acceptors (Lipinski definition) is 34. The molecule has 3 fully saturated rings. The molecule has 748 valence electrons. The Kier molecular flexibility index (Phi) is 33.0. The minimum absolute atomic E-state index is 0.0338. The lowest BCUT2D eigenvalue weighted by Gasteiger charge is -2.44. The fourth-order valence-electron chi connectivity index (χ4n) is 17.4. The van der Waals surface area contributed by atoms with Crippen LogP contribution in [-0.2, 0) is 68.5 Å². The number of nitrogens with zero attached hydrogens (tertiary/aromatic N) is 1. The summed E-state index contributed by atoms with van der Waals surface area (Å²) >= 11 is 14.9. The summed E-state index contributed by atoms with van der Waals surface area (Å²) in [5, 5.41) is 184. The van der Waals surface area contributed by atoms with Crippen molar-refractivity contribution in [3.05, 3.63) is 164 Å². The van der Waals surface area contributed by atoms with Crippen molar-refractivity contribution in [1.82, 2.24) is 52.8 Å². The van der Waals surface area contributed by atoms with Gasteiger partial charge in [-0.15, -0.1) is 0 Å². The van der Waals surface area contributed by atoms with E-state index in [1.54, 1.807) is 14.1 Å². The summed E-state index contributed by atoms with van der Waals surface area (Å²) in [5.41, 5.74) is 3.45. The first-order valence-electron chi connectivity index (χ1n) is 45.0. The number of rotatable bonds is 24. The highest BCUT2D eigenvalue weighted by Crippen LogP contribution is 2.51. The van der Waals surface area contributed by atoms with Gasteiger partial charge in [0.25, 0.3) is 0 Å². The maximum atomic E-state index is 17.2. The minimum atomic E-state index is -2.52. The molecular weight excluding hydrogens is 1870 g/mol. The van der Waals surface area contributed by atoms with Crippen LogP contribution in [0.4, 0.5) is 0 Å². The van der Waals surface area contributed by atoms with Gasteiger partial charge in [0, 0.05) is 49.6 Å². The number of phenols is 4. The van der Waals surface area contributed by atoms with Gasteiger partial charge in [0.15, 0.2) is 29.3 Å². The fourth-order valence-corrected chi connectivity index (χ4v) is 17.8. The SMILES string of the molecule is CC(=O)N[C@@H]1[C@H](O[C@@H]2c3ccc(c(Cl)c3)Oc3cc4cc(c3O[C@@H]3O[C@@H](CO)[C@@H](O)[C@H](O)[C@@H]3NC(=O)CCCCCCC(C)C)Oc3ccc(cc3Cl)C[C@H]3NC(=O)[C@H](N)c5ccc(O)c(c5)Oc5cc(O)cc(c5)[C@H](NC3=O)C(=O)N[C@H]4C(=O)N[C@H]3C(=O)N[C@@H]2C(=O)N[C@H](C(=O)NCCCCN(C)C)c2cc(O)cc(O[C@H]4O[C@H](CO)[C@@H](O)[C@@H](O)[C@@H]4O)c2-c2cc3ccc2O)O[C@@H](CO)[C@@H](O)[C@@H]1O. The Hall–Kier alpha value is -12.1. The second kappa shape index (κ2) is 44.6. The number of benzene rings is 7. The van der Waals surface area contributed by atoms with E-state index >= 15 is 28.8 Å². The first-order chi connectivity index (χ1) is 66.3. The van der Waals surface area contributed by atoms with Gasteiger partial charge in [-0.2, -0.15) is 0 Å². The summed E-state index contributed by atoms with van der Waals surface area (Å²) in [5.74, 6) is -17.6. The van der Waals surface area contributed by atoms with E-state index in [0.29, 0.717) is 31.7 Å². The molecular formula is C94H111Cl2N11O32. The Balaban J connectivity index is 1.04. The first kappa shape index (κ1) is 103. The number of halogens is 2. The van der Waals surface area contributed by atoms with Crippen LogP contribution in [0.3, 0.4) is 0 Å². The zero-order valence-corrected chi connectivity index (χ0v) is 77.1. The molecule has 16 rings (SSSR count). The first-order valence-corrected chi connectivity index (χ1v) is 45.8. The number of nitrogens with one attached hydrogen (secondary N) is 9. The molecule has 0 aromatic heterocycles. The van der Waals surface area contributed by atoms with Gasteiger partial charge in [-0.25, -0.2) is 0 Å². The van der Waals surface area contributed by atoms with Crippen molar-refractivity contribution < 1.29 is 157 Å². The molecule has 0 aliphatic carbocycles. The van der Waals surface area contributed by atoms with E-state index in [9.17, 15) is 85.9 Å². The lowest BCUT2D eigenvalue weighted by atomic mass is 9.89. The molecule has 0 radical (unpaired) electrons. The number of aliphatic hydroxyl groups is 10. The number of unbranched alkanes of at least 4 members (excludes halogenated alkanes) is 4. The number of amides is 9. The second-order valence-electron chi connectivity index (χ2n) is 35.6. The zero-order chi connectivity index (χ0) is 100.0. The van der Waals surface area contributed by atoms with E-state index in [1.807, 2.05) is 4.90 Å². The Morgan fingerprint density at radius 1 is 0.511 bits per heavy atom. The number of nitrogens with two attached hydrogens (primary N) is 1. The molecule has 25 N–H and O–H groups in total. The second-order valence-corrected chi connectivity index (χ2v) is 36.5. The summed E-state index contributed by atoms with van der Waals surface area (Å²) in [6.45, 7) is 2.42. The maximum absolute atomic E-state index is 17.2. The molecule has 9 amide bonds. The lowest BCUT2D eigenvalue weighted by Crippen LogP contribution is -2.65. The maximum Gasteiger partial charge on any atom is 0.248 e. The van der Waals surface area contributed by atoms with Crippen molar-refractivity contribution in [3.8, 4) is 80.1 Å². The molecule has 23 atom stereocenters. The quantitative estimate of drug-likeness (QED) is 0.0380. The molecule has 0 spiro atoms. The Morgan fingerprint density at radius 2 is 1.08 bits per heavy atom. The summed E-state index contributed by atoms with van der Waals surface area (Å²) in [7, 11) is 3.60. The average Bonchev–Trinajstić information content (AvgIpc) is 0.760. The van der Waals surface area contributed by atoms with Crippen molar-refractivity contribution in [2.45, 2.75) is 219 Å². The standard InChI is InChI=1S/C94H111Cl2N11O32/c1-39(2)12-8-6-7-9-13-66(116)101-74-80(121)77(118)64(37-109)136-93(74)139-84-61-31-46-32-62(84)133-58-21-17-44(29-53(58)96)83(138-92-73(99-40(3)111)79(120)76(117)63(36-108)135-92)75-91(130)105-72(87(126)98-22-10-11-23-107(4)5)51-34-48(113)35-60(134-94-82(123)81(122)78(119)65(38-110)137-94)67(51)50-28-43(16-18-55(50)114)69(88(127)106-75)103-90(129)71(46)104-89(128)70-45-26-47(112)33-49(27-45)131-59-30-42(15-19-56(59)115)68(97)86(125)100-54(85(124)102-70)25-41-14-20-57(132-61)52(95)24-41/h14-21,24,26-35,39,54,63-65,68-83,92-94,108-110,112-115,117-123H,6-13,22-23,25,36-38,97H2,1-5H3,(H,98,126)(H,99,111)(H,100,125)(H,101,116)(H,102,124)(H,103,129)(H,104,128)(H,105,130)(H,106,127)/t54-,63+,64+,65-,68-,69-,70+,71-,72+,73+,74+,75+,76-,77-,78-,79-,80-,81-,82+,83-,92+,93+,94+/m1/s1. The largest absolute Gasteiger partial charge is 0.508 e. The normalized spacial score (nSPS) is 28.1. The Morgan fingerprint density at radius 3 is 1.72 bits per heavy atom. The summed E-state index contributed by atoms with van der Waals surface area (Å²) in [6.07, 6.45) is -24.8. The fraction of sp³-hybridized carbons (Fsp3) is 0.457. The highest BCUT2D eigenvalue weighted by molar-refractivity contribution is 6.32. The molecule has 7 aromatic rings. The van der Waals surface area contributed by atoms with E-state index < -0.39 is 304 Å². The van der Waals surface area contributed by atoms with Gasteiger partial charge in [-0.3, -0.25) is 43.2 Å². The monoisotopic (exact) mass is 1980 g/mol. The molecule has 43 nitrogen and oxygen atoms in total. The van der Waals surface area contributed by atoms with Gasteiger partial charge in [-0.05, 0) is 164 Å². The third kappa shape index (κ3) is 23.5. The summed E-state index contributed by atoms with van der Waals surface area (Å²) < 4.78 is 58.3. The van der Waals surface area contributed by atoms with Crippen LogP contribution < -0.4 is 77.3 Å². The highest BCUT2D eigenvalue weighted by Gasteiger charge is 2.52. The predicted octanol–water partition coefficient (Wildman–Crippen LogP) is 1.39. The highest BCUT2D eigenvalue weighted by atomic mass is 35.5. The third-order valence-electron chi connectivity index (χ3n) is 24.7. The van der Waals surface area contributed by atoms with Gasteiger partial charge >= 0.3 is 0 Å². The van der Waals surface area contributed by atoms with Crippen molar-refractivity contribution in [2.75, 3.05) is 47.0 Å². The molecule has 9 aliphatic rings. The van der Waals surface area contributed by atoms with E-state index in [2.05, 4.69) is 61.7 Å². The van der Waals surface area contributed by atoms with Crippen LogP contribution in [0, 0.1) is 5.92 Å². The van der Waals surface area contributed by atoms with Crippen molar-refractivity contribution >= 4 is 76.4 Å². The molecule has 0 saturated carbocycles. The number of aliphatic hydroxyl groups excluding tert-OH is 10. The number of fused-ring (bicyclic) bond motifs is 14. The number of carbonyl (C=O) groups is 9. The molecule has 0 unspecified atom stereocenters. The van der Waals surface area contributed by atoms with Crippen LogP contribution >= 0.6 is 23.2 Å². The van der Waals surface area contributed by atoms with Gasteiger partial charge in [0.2, 0.25) is 71.5 Å². The van der Waals surface area contributed by atoms with Gasteiger partial charge in [0.05, 0.1) is 29.9 Å². The molecule has 45 heteroatoms. The molecule has 9 heterocycles. The van der Waals surface area contributed by atoms with Crippen LogP contribution in [0.15, 0.2) is 115 Å². The lowest BCUT2D eigenvalue weighted by molar-refractivity contribution is -0.284. The van der Waals surface area contributed by atoms with Crippen molar-refractivity contribution in [1.29, 1.82) is 0 Å². The van der Waals surface area contributed by atoms with Crippen LogP contribution in [0.1, 0.15) is 147 Å². The van der Waals surface area contributed by atoms with Crippen LogP contribution in [0.5, 0.6) is 69.0 Å². The van der Waals surface area contributed by atoms with Crippen molar-refractivity contribution in [2.24, 2.45) is 11.7 Å². The Labute approximate surface area is 804 Å². The van der Waals surface area contributed by atoms with Crippen LogP contribution in [-0.4, -0.2) is 281 Å². The van der Waals surface area contributed by atoms with Crippen molar-refractivity contribution in [3.63, 3.8) is 0 Å². The average molecular weight is 1980 g/mol. The van der Waals surface area contributed by atoms with Crippen LogP contribution in [0.25, 0.3) is 11.1 Å². The van der Waals surface area contributed by atoms with E-state index in [-0.39, 0.29) is 63.9 Å². The Bertz CT molecular complexity index is 5730. The van der Waals surface area contributed by atoms with Gasteiger partial charge in [-0.1, -0.05) is 87.0 Å². The van der Waals surface area contributed by atoms with Crippen LogP contribution in [0.2, 0.25) is 10.0 Å². The topological polar surface area (TPSA) is 657 Å². The third-order valence-corrected chi connectivity index (χ3v) is 25.3.